The first kappa shape index (κ1) is 15.3. The SMILES string of the molecule is COCCN1CCC(CNC(=O)NCc2ccsc2)C1. The molecule has 112 valence electrons. The molecule has 1 aromatic rings. The number of amides is 2. The van der Waals surface area contributed by atoms with Gasteiger partial charge in [-0.2, -0.15) is 11.3 Å². The number of thiophene rings is 1. The van der Waals surface area contributed by atoms with Crippen molar-refractivity contribution < 1.29 is 9.53 Å². The van der Waals surface area contributed by atoms with Gasteiger partial charge < -0.3 is 20.3 Å². The zero-order valence-electron chi connectivity index (χ0n) is 11.9. The number of ether oxygens (including phenoxy) is 1. The summed E-state index contributed by atoms with van der Waals surface area (Å²) in [6.07, 6.45) is 1.15. The van der Waals surface area contributed by atoms with E-state index in [9.17, 15) is 4.79 Å². The predicted molar refractivity (Wildman–Crippen MR) is 81.0 cm³/mol. The summed E-state index contributed by atoms with van der Waals surface area (Å²) in [5.41, 5.74) is 1.15. The smallest absolute Gasteiger partial charge is 0.315 e. The van der Waals surface area contributed by atoms with Crippen molar-refractivity contribution in [2.45, 2.75) is 13.0 Å². The van der Waals surface area contributed by atoms with Crippen LogP contribution >= 0.6 is 11.3 Å². The van der Waals surface area contributed by atoms with Crippen LogP contribution in [0.2, 0.25) is 0 Å². The van der Waals surface area contributed by atoms with Crippen LogP contribution in [-0.2, 0) is 11.3 Å². The molecular weight excluding hydrogens is 274 g/mol. The molecular formula is C14H23N3O2S. The van der Waals surface area contributed by atoms with Gasteiger partial charge in [0, 0.05) is 33.3 Å². The molecule has 6 heteroatoms. The van der Waals surface area contributed by atoms with Crippen LogP contribution in [0.15, 0.2) is 16.8 Å². The van der Waals surface area contributed by atoms with Crippen LogP contribution in [0, 0.1) is 5.92 Å². The van der Waals surface area contributed by atoms with Crippen LogP contribution in [0.3, 0.4) is 0 Å². The molecule has 2 amide bonds. The Bertz CT molecular complexity index is 397. The molecule has 0 radical (unpaired) electrons. The average Bonchev–Trinajstić information content (AvgIpc) is 3.12. The van der Waals surface area contributed by atoms with Crippen LogP contribution in [0.4, 0.5) is 4.79 Å². The molecule has 2 rings (SSSR count). The lowest BCUT2D eigenvalue weighted by Crippen LogP contribution is -2.38. The van der Waals surface area contributed by atoms with Gasteiger partial charge in [-0.05, 0) is 41.3 Å². The van der Waals surface area contributed by atoms with Crippen molar-refractivity contribution in [3.05, 3.63) is 22.4 Å². The number of hydrogen-bond donors (Lipinski definition) is 2. The molecule has 20 heavy (non-hydrogen) atoms. The van der Waals surface area contributed by atoms with Gasteiger partial charge in [0.1, 0.15) is 0 Å². The number of nitrogens with one attached hydrogen (secondary N) is 2. The molecule has 1 unspecified atom stereocenters. The van der Waals surface area contributed by atoms with Gasteiger partial charge in [-0.15, -0.1) is 0 Å². The number of hydrogen-bond acceptors (Lipinski definition) is 4. The molecule has 1 fully saturated rings. The van der Waals surface area contributed by atoms with Crippen molar-refractivity contribution in [2.75, 3.05) is 39.9 Å². The number of likely N-dealkylation sites (tertiary alicyclic amines) is 1. The third kappa shape index (κ3) is 5.11. The van der Waals surface area contributed by atoms with Gasteiger partial charge in [0.15, 0.2) is 0 Å². The van der Waals surface area contributed by atoms with Gasteiger partial charge in [-0.3, -0.25) is 0 Å². The highest BCUT2D eigenvalue weighted by Gasteiger charge is 2.22. The maximum absolute atomic E-state index is 11.7. The van der Waals surface area contributed by atoms with E-state index in [0.29, 0.717) is 12.5 Å². The monoisotopic (exact) mass is 297 g/mol. The number of rotatable bonds is 7. The van der Waals surface area contributed by atoms with Gasteiger partial charge in [-0.1, -0.05) is 0 Å². The molecule has 1 aliphatic rings. The lowest BCUT2D eigenvalue weighted by atomic mass is 10.1. The predicted octanol–water partition coefficient (Wildman–Crippen LogP) is 1.52. The van der Waals surface area contributed by atoms with Gasteiger partial charge >= 0.3 is 6.03 Å². The Kier molecular flexibility index (Phi) is 6.29. The Balaban J connectivity index is 1.57. The summed E-state index contributed by atoms with van der Waals surface area (Å²) >= 11 is 1.64. The maximum Gasteiger partial charge on any atom is 0.315 e. The molecule has 2 heterocycles. The van der Waals surface area contributed by atoms with E-state index < -0.39 is 0 Å². The van der Waals surface area contributed by atoms with E-state index in [1.165, 1.54) is 0 Å². The first-order chi connectivity index (χ1) is 9.78. The Morgan fingerprint density at radius 1 is 1.55 bits per heavy atom. The fraction of sp³-hybridized carbons (Fsp3) is 0.643. The number of methoxy groups -OCH3 is 1. The number of carbonyl (C=O) groups is 1. The third-order valence-corrected chi connectivity index (χ3v) is 4.30. The van der Waals surface area contributed by atoms with Crippen LogP contribution in [0.25, 0.3) is 0 Å². The molecule has 1 saturated heterocycles. The van der Waals surface area contributed by atoms with E-state index in [1.54, 1.807) is 18.4 Å². The molecule has 2 N–H and O–H groups in total. The highest BCUT2D eigenvalue weighted by molar-refractivity contribution is 7.07. The van der Waals surface area contributed by atoms with Crippen molar-refractivity contribution in [3.63, 3.8) is 0 Å². The lowest BCUT2D eigenvalue weighted by Gasteiger charge is -2.15. The largest absolute Gasteiger partial charge is 0.383 e. The van der Waals surface area contributed by atoms with Crippen molar-refractivity contribution in [3.8, 4) is 0 Å². The van der Waals surface area contributed by atoms with Crippen molar-refractivity contribution in [1.82, 2.24) is 15.5 Å². The fourth-order valence-electron chi connectivity index (χ4n) is 2.38. The zero-order valence-corrected chi connectivity index (χ0v) is 12.7. The first-order valence-corrected chi connectivity index (χ1v) is 7.96. The Morgan fingerprint density at radius 2 is 2.45 bits per heavy atom. The third-order valence-electron chi connectivity index (χ3n) is 3.57. The van der Waals surface area contributed by atoms with Gasteiger partial charge in [0.05, 0.1) is 6.61 Å². The highest BCUT2D eigenvalue weighted by atomic mass is 32.1. The minimum atomic E-state index is -0.0773. The quantitative estimate of drug-likeness (QED) is 0.802. The summed E-state index contributed by atoms with van der Waals surface area (Å²) in [4.78, 5) is 14.1. The molecule has 0 saturated carbocycles. The van der Waals surface area contributed by atoms with Crippen LogP contribution < -0.4 is 10.6 Å². The Morgan fingerprint density at radius 3 is 3.20 bits per heavy atom. The maximum atomic E-state index is 11.7. The Hall–Kier alpha value is -1.11. The minimum Gasteiger partial charge on any atom is -0.383 e. The summed E-state index contributed by atoms with van der Waals surface area (Å²) < 4.78 is 5.08. The number of nitrogens with zero attached hydrogens (tertiary/aromatic N) is 1. The molecule has 0 spiro atoms. The van der Waals surface area contributed by atoms with Gasteiger partial charge in [0.25, 0.3) is 0 Å². The zero-order chi connectivity index (χ0) is 14.2. The van der Waals surface area contributed by atoms with E-state index in [0.717, 1.165) is 44.8 Å². The first-order valence-electron chi connectivity index (χ1n) is 7.02. The topological polar surface area (TPSA) is 53.6 Å². The highest BCUT2D eigenvalue weighted by Crippen LogP contribution is 2.14. The standard InChI is InChI=1S/C14H23N3O2S/c1-19-6-5-17-4-2-12(10-17)8-15-14(18)16-9-13-3-7-20-11-13/h3,7,11-12H,2,4-6,8-10H2,1H3,(H2,15,16,18). The fourth-order valence-corrected chi connectivity index (χ4v) is 3.05. The molecule has 1 aromatic heterocycles. The van der Waals surface area contributed by atoms with E-state index in [2.05, 4.69) is 15.5 Å². The molecule has 0 aliphatic carbocycles. The number of carbonyl (C=O) groups excluding carboxylic acids is 1. The summed E-state index contributed by atoms with van der Waals surface area (Å²) in [7, 11) is 1.73. The average molecular weight is 297 g/mol. The lowest BCUT2D eigenvalue weighted by molar-refractivity contribution is 0.159. The second kappa shape index (κ2) is 8.24. The summed E-state index contributed by atoms with van der Waals surface area (Å²) in [6, 6.07) is 1.95. The second-order valence-electron chi connectivity index (χ2n) is 5.14. The Labute approximate surface area is 124 Å². The number of urea groups is 1. The van der Waals surface area contributed by atoms with E-state index in [-0.39, 0.29) is 6.03 Å². The van der Waals surface area contributed by atoms with Crippen LogP contribution in [0.1, 0.15) is 12.0 Å². The summed E-state index contributed by atoms with van der Waals surface area (Å²) in [5, 5.41) is 9.90. The summed E-state index contributed by atoms with van der Waals surface area (Å²) in [5.74, 6) is 0.554. The van der Waals surface area contributed by atoms with E-state index in [4.69, 9.17) is 4.74 Å². The van der Waals surface area contributed by atoms with Crippen LogP contribution in [0.5, 0.6) is 0 Å². The normalized spacial score (nSPS) is 19.1. The van der Waals surface area contributed by atoms with Crippen LogP contribution in [-0.4, -0.2) is 50.8 Å². The van der Waals surface area contributed by atoms with Gasteiger partial charge in [0.2, 0.25) is 0 Å². The molecule has 1 aliphatic heterocycles. The van der Waals surface area contributed by atoms with Crippen molar-refractivity contribution >= 4 is 17.4 Å². The minimum absolute atomic E-state index is 0.0773. The molecule has 0 bridgehead atoms. The van der Waals surface area contributed by atoms with E-state index >= 15 is 0 Å². The molecule has 5 nitrogen and oxygen atoms in total. The molecule has 1 atom stereocenters. The second-order valence-corrected chi connectivity index (χ2v) is 5.92. The van der Waals surface area contributed by atoms with E-state index in [1.807, 2.05) is 16.8 Å². The summed E-state index contributed by atoms with van der Waals surface area (Å²) in [6.45, 7) is 5.26. The van der Waals surface area contributed by atoms with Crippen molar-refractivity contribution in [2.24, 2.45) is 5.92 Å². The van der Waals surface area contributed by atoms with Gasteiger partial charge in [-0.25, -0.2) is 4.79 Å². The van der Waals surface area contributed by atoms with Crippen molar-refractivity contribution in [1.29, 1.82) is 0 Å². The molecule has 0 aromatic carbocycles.